The van der Waals surface area contributed by atoms with Gasteiger partial charge >= 0.3 is 6.03 Å². The molecule has 0 bridgehead atoms. The van der Waals surface area contributed by atoms with Crippen molar-refractivity contribution in [2.45, 2.75) is 6.54 Å². The van der Waals surface area contributed by atoms with Gasteiger partial charge in [-0.1, -0.05) is 24.3 Å². The SMILES string of the molecule is O=C(NCCNC(=O)c1ccccc1)NCc1cccnc1. The van der Waals surface area contributed by atoms with Crippen LogP contribution in [0.15, 0.2) is 54.9 Å². The molecule has 0 fully saturated rings. The number of nitrogens with one attached hydrogen (secondary N) is 3. The molecule has 0 atom stereocenters. The Hall–Kier alpha value is -2.89. The first kappa shape index (κ1) is 15.5. The van der Waals surface area contributed by atoms with Gasteiger partial charge in [0.2, 0.25) is 0 Å². The van der Waals surface area contributed by atoms with Crippen molar-refractivity contribution >= 4 is 11.9 Å². The van der Waals surface area contributed by atoms with Gasteiger partial charge in [-0.25, -0.2) is 4.79 Å². The van der Waals surface area contributed by atoms with Crippen molar-refractivity contribution in [1.29, 1.82) is 0 Å². The third-order valence-electron chi connectivity index (χ3n) is 2.91. The average Bonchev–Trinajstić information content (AvgIpc) is 2.58. The summed E-state index contributed by atoms with van der Waals surface area (Å²) in [5.74, 6) is -0.154. The second kappa shape index (κ2) is 8.41. The Morgan fingerprint density at radius 1 is 0.909 bits per heavy atom. The Kier molecular flexibility index (Phi) is 5.92. The van der Waals surface area contributed by atoms with Gasteiger partial charge in [-0.05, 0) is 23.8 Å². The number of hydrogen-bond donors (Lipinski definition) is 3. The minimum Gasteiger partial charge on any atom is -0.350 e. The van der Waals surface area contributed by atoms with Crippen molar-refractivity contribution in [2.24, 2.45) is 0 Å². The summed E-state index contributed by atoms with van der Waals surface area (Å²) in [6.45, 7) is 1.14. The summed E-state index contributed by atoms with van der Waals surface area (Å²) in [5, 5.41) is 8.13. The lowest BCUT2D eigenvalue weighted by molar-refractivity contribution is 0.0954. The summed E-state index contributed by atoms with van der Waals surface area (Å²) in [6, 6.07) is 12.4. The molecule has 0 unspecified atom stereocenters. The van der Waals surface area contributed by atoms with Crippen LogP contribution in [-0.4, -0.2) is 30.0 Å². The van der Waals surface area contributed by atoms with Crippen molar-refractivity contribution in [3.63, 3.8) is 0 Å². The minimum atomic E-state index is -0.280. The molecule has 114 valence electrons. The summed E-state index contributed by atoms with van der Waals surface area (Å²) in [7, 11) is 0. The van der Waals surface area contributed by atoms with Crippen LogP contribution in [0.1, 0.15) is 15.9 Å². The number of benzene rings is 1. The standard InChI is InChI=1S/C16H18N4O2/c21-15(14-6-2-1-3-7-14)18-9-10-19-16(22)20-12-13-5-4-8-17-11-13/h1-8,11H,9-10,12H2,(H,18,21)(H2,19,20,22). The molecular formula is C16H18N4O2. The van der Waals surface area contributed by atoms with Crippen LogP contribution in [0.2, 0.25) is 0 Å². The highest BCUT2D eigenvalue weighted by atomic mass is 16.2. The number of carbonyl (C=O) groups is 2. The maximum Gasteiger partial charge on any atom is 0.315 e. The van der Waals surface area contributed by atoms with Crippen LogP contribution < -0.4 is 16.0 Å². The monoisotopic (exact) mass is 298 g/mol. The van der Waals surface area contributed by atoms with Gasteiger partial charge < -0.3 is 16.0 Å². The van der Waals surface area contributed by atoms with E-state index in [1.54, 1.807) is 36.7 Å². The fourth-order valence-electron chi connectivity index (χ4n) is 1.79. The Balaban J connectivity index is 1.60. The summed E-state index contributed by atoms with van der Waals surface area (Å²) in [5.41, 5.74) is 1.53. The number of aromatic nitrogens is 1. The van der Waals surface area contributed by atoms with E-state index >= 15 is 0 Å². The molecule has 0 aliphatic carbocycles. The zero-order valence-corrected chi connectivity index (χ0v) is 12.1. The van der Waals surface area contributed by atoms with Crippen molar-refractivity contribution in [1.82, 2.24) is 20.9 Å². The fourth-order valence-corrected chi connectivity index (χ4v) is 1.79. The normalized spacial score (nSPS) is 9.82. The van der Waals surface area contributed by atoms with E-state index < -0.39 is 0 Å². The Morgan fingerprint density at radius 2 is 1.68 bits per heavy atom. The minimum absolute atomic E-state index is 0.154. The number of nitrogens with zero attached hydrogens (tertiary/aromatic N) is 1. The fraction of sp³-hybridized carbons (Fsp3) is 0.188. The van der Waals surface area contributed by atoms with Crippen molar-refractivity contribution < 1.29 is 9.59 Å². The van der Waals surface area contributed by atoms with E-state index in [0.29, 0.717) is 25.2 Å². The van der Waals surface area contributed by atoms with E-state index in [4.69, 9.17) is 0 Å². The zero-order valence-electron chi connectivity index (χ0n) is 12.1. The predicted molar refractivity (Wildman–Crippen MR) is 83.3 cm³/mol. The van der Waals surface area contributed by atoms with Crippen LogP contribution in [0.25, 0.3) is 0 Å². The zero-order chi connectivity index (χ0) is 15.6. The quantitative estimate of drug-likeness (QED) is 0.703. The van der Waals surface area contributed by atoms with Gasteiger partial charge in [-0.2, -0.15) is 0 Å². The second-order valence-corrected chi connectivity index (χ2v) is 4.59. The van der Waals surface area contributed by atoms with Crippen LogP contribution in [0.4, 0.5) is 4.79 Å². The van der Waals surface area contributed by atoms with Crippen molar-refractivity contribution in [3.8, 4) is 0 Å². The highest BCUT2D eigenvalue weighted by Gasteiger charge is 2.04. The van der Waals surface area contributed by atoms with Crippen molar-refractivity contribution in [2.75, 3.05) is 13.1 Å². The van der Waals surface area contributed by atoms with E-state index in [-0.39, 0.29) is 11.9 Å². The molecule has 0 aliphatic heterocycles. The van der Waals surface area contributed by atoms with Gasteiger partial charge in [-0.15, -0.1) is 0 Å². The smallest absolute Gasteiger partial charge is 0.315 e. The molecule has 0 spiro atoms. The molecule has 2 rings (SSSR count). The maximum absolute atomic E-state index is 11.8. The van der Waals surface area contributed by atoms with E-state index in [9.17, 15) is 9.59 Å². The lowest BCUT2D eigenvalue weighted by Gasteiger charge is -2.08. The lowest BCUT2D eigenvalue weighted by Crippen LogP contribution is -2.40. The summed E-state index contributed by atoms with van der Waals surface area (Å²) in [6.07, 6.45) is 3.37. The highest BCUT2D eigenvalue weighted by Crippen LogP contribution is 1.97. The van der Waals surface area contributed by atoms with Gasteiger partial charge in [0.1, 0.15) is 0 Å². The van der Waals surface area contributed by atoms with E-state index in [2.05, 4.69) is 20.9 Å². The highest BCUT2D eigenvalue weighted by molar-refractivity contribution is 5.94. The van der Waals surface area contributed by atoms with Crippen molar-refractivity contribution in [3.05, 3.63) is 66.0 Å². The van der Waals surface area contributed by atoms with Crippen LogP contribution in [0, 0.1) is 0 Å². The summed E-state index contributed by atoms with van der Waals surface area (Å²) >= 11 is 0. The number of amides is 3. The maximum atomic E-state index is 11.8. The molecule has 0 aliphatic rings. The average molecular weight is 298 g/mol. The first-order valence-corrected chi connectivity index (χ1v) is 6.99. The predicted octanol–water partition coefficient (Wildman–Crippen LogP) is 1.31. The van der Waals surface area contributed by atoms with Crippen LogP contribution in [0.3, 0.4) is 0 Å². The van der Waals surface area contributed by atoms with Crippen LogP contribution in [-0.2, 0) is 6.54 Å². The molecule has 1 heterocycles. The van der Waals surface area contributed by atoms with Crippen LogP contribution in [0.5, 0.6) is 0 Å². The lowest BCUT2D eigenvalue weighted by atomic mass is 10.2. The Morgan fingerprint density at radius 3 is 2.41 bits per heavy atom. The Labute approximate surface area is 129 Å². The van der Waals surface area contributed by atoms with E-state index in [0.717, 1.165) is 5.56 Å². The molecule has 1 aromatic heterocycles. The largest absolute Gasteiger partial charge is 0.350 e. The number of urea groups is 1. The Bertz CT molecular complexity index is 602. The first-order chi connectivity index (χ1) is 10.8. The summed E-state index contributed by atoms with van der Waals surface area (Å²) in [4.78, 5) is 27.3. The number of pyridine rings is 1. The van der Waals surface area contributed by atoms with Crippen LogP contribution >= 0.6 is 0 Å². The molecule has 3 N–H and O–H groups in total. The third-order valence-corrected chi connectivity index (χ3v) is 2.91. The molecule has 0 saturated heterocycles. The number of carbonyl (C=O) groups excluding carboxylic acids is 2. The third kappa shape index (κ3) is 5.24. The van der Waals surface area contributed by atoms with E-state index in [1.165, 1.54) is 0 Å². The number of rotatable bonds is 6. The van der Waals surface area contributed by atoms with Gasteiger partial charge in [0.25, 0.3) is 5.91 Å². The molecule has 22 heavy (non-hydrogen) atoms. The molecule has 1 aromatic carbocycles. The first-order valence-electron chi connectivity index (χ1n) is 6.99. The molecule has 6 heteroatoms. The molecule has 2 aromatic rings. The molecule has 6 nitrogen and oxygen atoms in total. The molecule has 0 radical (unpaired) electrons. The van der Waals surface area contributed by atoms with E-state index in [1.807, 2.05) is 18.2 Å². The second-order valence-electron chi connectivity index (χ2n) is 4.59. The molecular weight excluding hydrogens is 280 g/mol. The topological polar surface area (TPSA) is 83.1 Å². The van der Waals surface area contributed by atoms with Gasteiger partial charge in [-0.3, -0.25) is 9.78 Å². The molecule has 3 amide bonds. The van der Waals surface area contributed by atoms with Gasteiger partial charge in [0.05, 0.1) is 0 Å². The molecule has 0 saturated carbocycles. The van der Waals surface area contributed by atoms with Gasteiger partial charge in [0.15, 0.2) is 0 Å². The summed E-state index contributed by atoms with van der Waals surface area (Å²) < 4.78 is 0. The van der Waals surface area contributed by atoms with Gasteiger partial charge in [0, 0.05) is 37.6 Å². The number of hydrogen-bond acceptors (Lipinski definition) is 3.